The summed E-state index contributed by atoms with van der Waals surface area (Å²) in [6.07, 6.45) is 0. The van der Waals surface area contributed by atoms with Crippen LogP contribution >= 0.6 is 0 Å². The summed E-state index contributed by atoms with van der Waals surface area (Å²) in [6, 6.07) is 61.5. The maximum absolute atomic E-state index is 2.59. The lowest BCUT2D eigenvalue weighted by Crippen LogP contribution is -2.17. The minimum atomic E-state index is -0.0597. The van der Waals surface area contributed by atoms with Gasteiger partial charge in [-0.2, -0.15) is 0 Å². The van der Waals surface area contributed by atoms with E-state index < -0.39 is 0 Å². The van der Waals surface area contributed by atoms with Gasteiger partial charge in [-0.05, 0) is 197 Å². The second-order valence-electron chi connectivity index (χ2n) is 24.7. The van der Waals surface area contributed by atoms with Crippen molar-refractivity contribution in [2.24, 2.45) is 0 Å². The van der Waals surface area contributed by atoms with E-state index in [-0.39, 0.29) is 21.7 Å². The molecule has 0 heteroatoms. The summed E-state index contributed by atoms with van der Waals surface area (Å²) in [4.78, 5) is 0. The molecule has 0 saturated carbocycles. The molecule has 348 valence electrons. The lowest BCUT2D eigenvalue weighted by Gasteiger charge is -2.29. The van der Waals surface area contributed by atoms with Gasteiger partial charge in [-0.1, -0.05) is 223 Å². The van der Waals surface area contributed by atoms with Crippen LogP contribution in [0.2, 0.25) is 0 Å². The van der Waals surface area contributed by atoms with Gasteiger partial charge < -0.3 is 0 Å². The van der Waals surface area contributed by atoms with Gasteiger partial charge >= 0.3 is 0 Å². The Bertz CT molecular complexity index is 3700. The van der Waals surface area contributed by atoms with Gasteiger partial charge in [0, 0.05) is 0 Å². The van der Waals surface area contributed by atoms with Crippen LogP contribution in [0.15, 0.2) is 158 Å². The molecule has 10 aromatic rings. The molecular weight excluding hydrogens is 841 g/mol. The first kappa shape index (κ1) is 45.7. The Morgan fingerprint density at radius 3 is 1.26 bits per heavy atom. The normalized spacial score (nSPS) is 13.0. The highest BCUT2D eigenvalue weighted by atomic mass is 14.4. The van der Waals surface area contributed by atoms with Crippen molar-refractivity contribution in [2.75, 3.05) is 0 Å². The Balaban J connectivity index is 1.39. The van der Waals surface area contributed by atoms with Gasteiger partial charge in [0.25, 0.3) is 0 Å². The van der Waals surface area contributed by atoms with Crippen molar-refractivity contribution in [3.05, 3.63) is 191 Å². The summed E-state index contributed by atoms with van der Waals surface area (Å²) >= 11 is 0. The van der Waals surface area contributed by atoms with E-state index in [0.717, 1.165) is 0 Å². The molecule has 1 aliphatic carbocycles. The van der Waals surface area contributed by atoms with Crippen LogP contribution in [0.1, 0.15) is 116 Å². The second-order valence-corrected chi connectivity index (χ2v) is 24.7. The quantitative estimate of drug-likeness (QED) is 0.154. The van der Waals surface area contributed by atoms with E-state index in [1.165, 1.54) is 143 Å². The Morgan fingerprint density at radius 2 is 0.700 bits per heavy atom. The first-order chi connectivity index (χ1) is 33.1. The van der Waals surface area contributed by atoms with Gasteiger partial charge in [0.05, 0.1) is 0 Å². The first-order valence-electron chi connectivity index (χ1n) is 25.6. The molecule has 10 aromatic carbocycles. The number of rotatable bonds is 4. The molecule has 0 bridgehead atoms. The minimum Gasteiger partial charge on any atom is -0.0622 e. The minimum absolute atomic E-state index is 0.0581. The molecule has 1 aliphatic rings. The molecule has 0 fully saturated rings. The summed E-state index contributed by atoms with van der Waals surface area (Å²) in [5, 5.41) is 10.4. The zero-order valence-electron chi connectivity index (χ0n) is 44.0. The molecule has 0 aliphatic heterocycles. The maximum atomic E-state index is 2.59. The smallest absolute Gasteiger partial charge is 0.000719 e. The molecule has 0 saturated heterocycles. The molecular formula is C70H68. The average Bonchev–Trinajstić information content (AvgIpc) is 3.63. The Morgan fingerprint density at radius 1 is 0.243 bits per heavy atom. The van der Waals surface area contributed by atoms with Crippen molar-refractivity contribution in [1.82, 2.24) is 0 Å². The zero-order valence-corrected chi connectivity index (χ0v) is 44.0. The standard InChI is InChI=1S/C70H68/c1-41-22-20-23-42(2)61(41)59-39-57-53-28-21-29-55-64(53)60(40-56(57)51-26-18-19-27-52(51)59)66-62(45-32-47(67(3,4)5)37-48(33-45)68(6,7)8)54-31-30-44(43-24-16-15-17-25-43)36-58(54)63(65(55)66)46-34-49(69(9,10)11)38-50(35-46)70(12,13)14/h15-40H,1-14H3. The van der Waals surface area contributed by atoms with Gasteiger partial charge in [-0.25, -0.2) is 0 Å². The maximum Gasteiger partial charge on any atom is -0.000719 e. The van der Waals surface area contributed by atoms with Crippen LogP contribution in [0, 0.1) is 13.8 Å². The zero-order chi connectivity index (χ0) is 49.4. The van der Waals surface area contributed by atoms with Gasteiger partial charge in [0.15, 0.2) is 0 Å². The van der Waals surface area contributed by atoms with Crippen molar-refractivity contribution in [3.8, 4) is 66.8 Å². The fraction of sp³-hybridized carbons (Fsp3) is 0.257. The number of aryl methyl sites for hydroxylation is 2. The molecule has 0 N–H and O–H groups in total. The topological polar surface area (TPSA) is 0 Å². The van der Waals surface area contributed by atoms with Crippen molar-refractivity contribution in [1.29, 1.82) is 0 Å². The third kappa shape index (κ3) is 7.40. The first-order valence-corrected chi connectivity index (χ1v) is 25.6. The third-order valence-corrected chi connectivity index (χ3v) is 15.6. The summed E-state index contributed by atoms with van der Waals surface area (Å²) in [5.74, 6) is 0. The molecule has 0 radical (unpaired) electrons. The largest absolute Gasteiger partial charge is 0.0622 e. The molecule has 70 heavy (non-hydrogen) atoms. The van der Waals surface area contributed by atoms with E-state index in [9.17, 15) is 0 Å². The van der Waals surface area contributed by atoms with Gasteiger partial charge in [-0.3, -0.25) is 0 Å². The van der Waals surface area contributed by atoms with E-state index in [1.807, 2.05) is 0 Å². The highest BCUT2D eigenvalue weighted by Gasteiger charge is 2.34. The van der Waals surface area contributed by atoms with Crippen molar-refractivity contribution >= 4 is 43.1 Å². The predicted octanol–water partition coefficient (Wildman–Crippen LogP) is 20.4. The monoisotopic (exact) mass is 909 g/mol. The molecule has 0 aromatic heterocycles. The van der Waals surface area contributed by atoms with Crippen LogP contribution in [-0.4, -0.2) is 0 Å². The third-order valence-electron chi connectivity index (χ3n) is 15.6. The van der Waals surface area contributed by atoms with Crippen LogP contribution < -0.4 is 0 Å². The van der Waals surface area contributed by atoms with Crippen LogP contribution in [0.3, 0.4) is 0 Å². The average molecular weight is 909 g/mol. The Kier molecular flexibility index (Phi) is 10.4. The van der Waals surface area contributed by atoms with E-state index in [4.69, 9.17) is 0 Å². The van der Waals surface area contributed by atoms with Crippen LogP contribution in [0.25, 0.3) is 110 Å². The highest BCUT2D eigenvalue weighted by Crippen LogP contribution is 2.60. The van der Waals surface area contributed by atoms with Crippen LogP contribution in [-0.2, 0) is 21.7 Å². The van der Waals surface area contributed by atoms with Crippen molar-refractivity contribution in [2.45, 2.75) is 119 Å². The summed E-state index contributed by atoms with van der Waals surface area (Å²) in [7, 11) is 0. The predicted molar refractivity (Wildman–Crippen MR) is 307 cm³/mol. The summed E-state index contributed by atoms with van der Waals surface area (Å²) < 4.78 is 0. The Hall–Kier alpha value is -6.76. The molecule has 0 unspecified atom stereocenters. The SMILES string of the molecule is Cc1cccc(C)c1-c1cc2c3cccc4c3c(cc2c2ccccc12)-c1c-4c(-c2cc(C(C)(C)C)cc(C(C)(C)C)c2)c2cc(-c3ccccc3)ccc2c1-c1cc(C(C)(C)C)cc(C(C)(C)C)c1. The van der Waals surface area contributed by atoms with Gasteiger partial charge in [0.2, 0.25) is 0 Å². The molecule has 0 nitrogen and oxygen atoms in total. The fourth-order valence-corrected chi connectivity index (χ4v) is 11.6. The summed E-state index contributed by atoms with van der Waals surface area (Å²) in [5.41, 5.74) is 23.4. The molecule has 0 spiro atoms. The van der Waals surface area contributed by atoms with Crippen LogP contribution in [0.4, 0.5) is 0 Å². The molecule has 0 atom stereocenters. The lowest BCUT2D eigenvalue weighted by molar-refractivity contribution is 0.568. The molecule has 0 amide bonds. The highest BCUT2D eigenvalue weighted by molar-refractivity contribution is 6.33. The second kappa shape index (κ2) is 15.9. The van der Waals surface area contributed by atoms with Gasteiger partial charge in [0.1, 0.15) is 0 Å². The van der Waals surface area contributed by atoms with E-state index in [1.54, 1.807) is 0 Å². The Labute approximate surface area is 417 Å². The number of hydrogen-bond donors (Lipinski definition) is 0. The fourth-order valence-electron chi connectivity index (χ4n) is 11.6. The van der Waals surface area contributed by atoms with E-state index in [2.05, 4.69) is 255 Å². The van der Waals surface area contributed by atoms with E-state index in [0.29, 0.717) is 0 Å². The molecule has 0 heterocycles. The van der Waals surface area contributed by atoms with Crippen molar-refractivity contribution in [3.63, 3.8) is 0 Å². The number of fused-ring (bicyclic) bond motifs is 8. The molecule has 11 rings (SSSR count). The lowest BCUT2D eigenvalue weighted by atomic mass is 9.75. The van der Waals surface area contributed by atoms with Crippen LogP contribution in [0.5, 0.6) is 0 Å². The van der Waals surface area contributed by atoms with E-state index >= 15 is 0 Å². The number of benzene rings is 10. The van der Waals surface area contributed by atoms with Gasteiger partial charge in [-0.15, -0.1) is 0 Å². The summed E-state index contributed by atoms with van der Waals surface area (Å²) in [6.45, 7) is 32.9. The number of hydrogen-bond acceptors (Lipinski definition) is 0. The van der Waals surface area contributed by atoms with Crippen molar-refractivity contribution < 1.29 is 0 Å².